The number of fused-ring (bicyclic) bond motifs is 5. The van der Waals surface area contributed by atoms with Gasteiger partial charge in [-0.05, 0) is 97.7 Å². The third-order valence-corrected chi connectivity index (χ3v) is 12.2. The van der Waals surface area contributed by atoms with E-state index in [9.17, 15) is 15.3 Å². The van der Waals surface area contributed by atoms with Gasteiger partial charge in [-0.1, -0.05) is 65.5 Å². The number of hydrogen-bond acceptors (Lipinski definition) is 7. The number of allylic oxidation sites excluding steroid dienone is 1. The maximum absolute atomic E-state index is 10.2. The molecule has 40 heavy (non-hydrogen) atoms. The highest BCUT2D eigenvalue weighted by Gasteiger charge is 2.59. The number of hydrogen-bond donors (Lipinski definition) is 6. The third-order valence-electron chi connectivity index (χ3n) is 12.2. The van der Waals surface area contributed by atoms with Crippen LogP contribution >= 0.6 is 0 Å². The Morgan fingerprint density at radius 3 is 2.35 bits per heavy atom. The Bertz CT molecular complexity index is 861. The van der Waals surface area contributed by atoms with E-state index in [4.69, 9.17) is 20.7 Å². The van der Waals surface area contributed by atoms with Gasteiger partial charge in [-0.25, -0.2) is 0 Å². The van der Waals surface area contributed by atoms with Crippen LogP contribution in [0.5, 0.6) is 0 Å². The van der Waals surface area contributed by atoms with Gasteiger partial charge in [0.1, 0.15) is 18.3 Å². The van der Waals surface area contributed by atoms with Crippen molar-refractivity contribution >= 4 is 0 Å². The standard InChI is InChI=1S/C27H46O.C6H13NO5/c1-18(2)7-6-8-19(3)23-11-12-24-22-10-9-20-17-21(28)13-15-26(20,4)25(22)14-16-27(23,24)5;7-3-5(10)4(9)2(1-8)12-6(3)11/h9,18-19,21-25,28H,6-8,10-17H2,1-5H3;2-6,8-11H,1,7H2/t19?,21-,22-,23+,24-,25-,26-,27+;2-,3-,4+,5-,6?/m01/s1. The molecular weight excluding hydrogens is 506 g/mol. The monoisotopic (exact) mass is 565 g/mol. The molecule has 0 aromatic heterocycles. The SMILES string of the molecule is CC(C)CCCC(C)[C@H]1CC[C@H]2[C@@H]3CC=C4C[C@@H](O)CC[C@]4(C)[C@H]3CC[C@]12C.N[C@H]1C(O)O[C@H](CO)[C@H](O)[C@@H]1O. The molecule has 0 bridgehead atoms. The summed E-state index contributed by atoms with van der Waals surface area (Å²) in [6, 6.07) is -1.04. The molecule has 7 N–H and O–H groups in total. The molecule has 0 radical (unpaired) electrons. The Hall–Kier alpha value is -0.540. The van der Waals surface area contributed by atoms with Crippen LogP contribution in [-0.4, -0.2) is 68.9 Å². The number of rotatable bonds is 6. The molecule has 4 fully saturated rings. The fourth-order valence-corrected chi connectivity index (χ4v) is 9.78. The fraction of sp³-hybridized carbons (Fsp3) is 0.939. The van der Waals surface area contributed by atoms with Gasteiger partial charge in [-0.15, -0.1) is 0 Å². The average Bonchev–Trinajstić information content (AvgIpc) is 3.27. The Kier molecular flexibility index (Phi) is 10.5. The molecular formula is C33H59NO6. The largest absolute Gasteiger partial charge is 0.394 e. The second-order valence-electron chi connectivity index (χ2n) is 15.0. The first-order valence-corrected chi connectivity index (χ1v) is 16.3. The summed E-state index contributed by atoms with van der Waals surface area (Å²) < 4.78 is 4.70. The van der Waals surface area contributed by atoms with Crippen molar-refractivity contribution in [2.75, 3.05) is 6.61 Å². The van der Waals surface area contributed by atoms with Crippen LogP contribution in [0.3, 0.4) is 0 Å². The lowest BCUT2D eigenvalue weighted by molar-refractivity contribution is -0.248. The van der Waals surface area contributed by atoms with Crippen LogP contribution < -0.4 is 5.73 Å². The van der Waals surface area contributed by atoms with E-state index in [1.165, 1.54) is 57.8 Å². The lowest BCUT2D eigenvalue weighted by Crippen LogP contribution is -2.61. The van der Waals surface area contributed by atoms with Crippen LogP contribution in [0.2, 0.25) is 0 Å². The van der Waals surface area contributed by atoms with Crippen LogP contribution in [-0.2, 0) is 4.74 Å². The molecule has 1 aliphatic heterocycles. The summed E-state index contributed by atoms with van der Waals surface area (Å²) in [7, 11) is 0. The Morgan fingerprint density at radius 1 is 0.950 bits per heavy atom. The van der Waals surface area contributed by atoms with Gasteiger partial charge >= 0.3 is 0 Å². The zero-order valence-electron chi connectivity index (χ0n) is 25.7. The summed E-state index contributed by atoms with van der Waals surface area (Å²) >= 11 is 0. The van der Waals surface area contributed by atoms with E-state index < -0.39 is 37.3 Å². The molecule has 3 saturated carbocycles. The highest BCUT2D eigenvalue weighted by molar-refractivity contribution is 5.25. The quantitative estimate of drug-likeness (QED) is 0.267. The van der Waals surface area contributed by atoms with E-state index >= 15 is 0 Å². The van der Waals surface area contributed by atoms with Crippen molar-refractivity contribution in [3.8, 4) is 0 Å². The smallest absolute Gasteiger partial charge is 0.173 e. The fourth-order valence-electron chi connectivity index (χ4n) is 9.78. The molecule has 232 valence electrons. The highest BCUT2D eigenvalue weighted by atomic mass is 16.6. The molecule has 0 aromatic rings. The van der Waals surface area contributed by atoms with Crippen LogP contribution in [0.25, 0.3) is 0 Å². The lowest BCUT2D eigenvalue weighted by atomic mass is 9.47. The van der Waals surface area contributed by atoms with Crippen LogP contribution in [0.1, 0.15) is 105 Å². The Balaban J connectivity index is 0.000000259. The maximum atomic E-state index is 10.2. The summed E-state index contributed by atoms with van der Waals surface area (Å²) in [6.45, 7) is 12.1. The van der Waals surface area contributed by atoms with Crippen LogP contribution in [0.15, 0.2) is 11.6 Å². The molecule has 4 aliphatic carbocycles. The number of ether oxygens (including phenoxy) is 1. The van der Waals surface area contributed by atoms with Gasteiger partial charge in [0.15, 0.2) is 6.29 Å². The van der Waals surface area contributed by atoms with Crippen molar-refractivity contribution in [3.63, 3.8) is 0 Å². The van der Waals surface area contributed by atoms with E-state index in [0.29, 0.717) is 10.8 Å². The van der Waals surface area contributed by atoms with Crippen molar-refractivity contribution in [2.24, 2.45) is 52.1 Å². The predicted octanol–water partition coefficient (Wildman–Crippen LogP) is 4.13. The summed E-state index contributed by atoms with van der Waals surface area (Å²) in [5.74, 6) is 5.46. The van der Waals surface area contributed by atoms with E-state index in [0.717, 1.165) is 48.3 Å². The topological polar surface area (TPSA) is 136 Å². The highest BCUT2D eigenvalue weighted by Crippen LogP contribution is 2.67. The summed E-state index contributed by atoms with van der Waals surface area (Å²) in [4.78, 5) is 0. The van der Waals surface area contributed by atoms with E-state index in [1.807, 2.05) is 0 Å². The zero-order valence-corrected chi connectivity index (χ0v) is 25.7. The van der Waals surface area contributed by atoms with Crippen LogP contribution in [0.4, 0.5) is 0 Å². The molecule has 7 heteroatoms. The molecule has 5 rings (SSSR count). The first kappa shape index (κ1) is 32.4. The lowest BCUT2D eigenvalue weighted by Gasteiger charge is -2.58. The molecule has 5 aliphatic rings. The minimum Gasteiger partial charge on any atom is -0.394 e. The minimum atomic E-state index is -1.35. The first-order valence-electron chi connectivity index (χ1n) is 16.3. The van der Waals surface area contributed by atoms with Gasteiger partial charge in [0.25, 0.3) is 0 Å². The summed E-state index contributed by atoms with van der Waals surface area (Å²) in [6.07, 6.45) is 12.3. The normalized spacial score (nSPS) is 47.4. The summed E-state index contributed by atoms with van der Waals surface area (Å²) in [5, 5.41) is 46.3. The average molecular weight is 566 g/mol. The molecule has 0 aromatic carbocycles. The van der Waals surface area contributed by atoms with Crippen molar-refractivity contribution in [1.29, 1.82) is 0 Å². The van der Waals surface area contributed by atoms with Gasteiger partial charge in [0, 0.05) is 0 Å². The molecule has 0 spiro atoms. The molecule has 7 nitrogen and oxygen atoms in total. The summed E-state index contributed by atoms with van der Waals surface area (Å²) in [5.41, 5.74) is 7.87. The second-order valence-corrected chi connectivity index (χ2v) is 15.0. The van der Waals surface area contributed by atoms with Gasteiger partial charge in [-0.2, -0.15) is 0 Å². The number of nitrogens with two attached hydrogens (primary N) is 1. The van der Waals surface area contributed by atoms with Gasteiger partial charge in [0.05, 0.1) is 18.8 Å². The third kappa shape index (κ3) is 6.22. The molecule has 1 saturated heterocycles. The van der Waals surface area contributed by atoms with Crippen LogP contribution in [0, 0.1) is 46.3 Å². The maximum Gasteiger partial charge on any atom is 0.173 e. The number of aliphatic hydroxyl groups excluding tert-OH is 5. The van der Waals surface area contributed by atoms with Gasteiger partial charge in [-0.3, -0.25) is 0 Å². The zero-order chi connectivity index (χ0) is 29.4. The molecule has 2 unspecified atom stereocenters. The first-order chi connectivity index (χ1) is 18.8. The minimum absolute atomic E-state index is 0.0766. The Labute approximate surface area is 242 Å². The molecule has 1 heterocycles. The Morgan fingerprint density at radius 2 is 1.68 bits per heavy atom. The van der Waals surface area contributed by atoms with Gasteiger partial charge in [0.2, 0.25) is 0 Å². The second kappa shape index (κ2) is 13.0. The van der Waals surface area contributed by atoms with Crippen molar-refractivity contribution < 1.29 is 30.3 Å². The molecule has 13 atom stereocenters. The number of aliphatic hydroxyl groups is 5. The van der Waals surface area contributed by atoms with Crippen molar-refractivity contribution in [1.82, 2.24) is 0 Å². The van der Waals surface area contributed by atoms with E-state index in [-0.39, 0.29) is 6.10 Å². The molecule has 0 amide bonds. The van der Waals surface area contributed by atoms with Crippen molar-refractivity contribution in [2.45, 2.75) is 142 Å². The van der Waals surface area contributed by atoms with E-state index in [2.05, 4.69) is 40.7 Å². The predicted molar refractivity (Wildman–Crippen MR) is 157 cm³/mol. The van der Waals surface area contributed by atoms with E-state index in [1.54, 1.807) is 5.57 Å². The van der Waals surface area contributed by atoms with Crippen molar-refractivity contribution in [3.05, 3.63) is 11.6 Å². The van der Waals surface area contributed by atoms with Gasteiger partial charge < -0.3 is 36.0 Å².